The minimum absolute atomic E-state index is 0.322. The van der Waals surface area contributed by atoms with Crippen LogP contribution in [0.3, 0.4) is 0 Å². The van der Waals surface area contributed by atoms with Crippen molar-refractivity contribution < 1.29 is 5.11 Å². The number of para-hydroxylation sites is 1. The topological polar surface area (TPSA) is 20.2 Å². The van der Waals surface area contributed by atoms with E-state index in [1.54, 1.807) is 24.3 Å². The average molecular weight is 300 g/mol. The van der Waals surface area contributed by atoms with Gasteiger partial charge in [0.25, 0.3) is 0 Å². The van der Waals surface area contributed by atoms with Gasteiger partial charge in [0.1, 0.15) is 5.75 Å². The largest absolute Gasteiger partial charge is 0.508 e. The summed E-state index contributed by atoms with van der Waals surface area (Å²) in [5, 5.41) is 11.3. The maximum atomic E-state index is 8.63. The lowest BCUT2D eigenvalue weighted by Crippen LogP contribution is -1.67. The highest BCUT2D eigenvalue weighted by atomic mass is 16.3. The van der Waals surface area contributed by atoms with Gasteiger partial charge in [-0.05, 0) is 22.9 Å². The Morgan fingerprint density at radius 1 is 0.348 bits per heavy atom. The first-order valence-electron chi connectivity index (χ1n) is 7.54. The molecule has 0 aliphatic carbocycles. The molecular weight excluding hydrogens is 280 g/mol. The molecule has 114 valence electrons. The normalized spacial score (nSPS) is 9.04. The van der Waals surface area contributed by atoms with Crippen molar-refractivity contribution >= 4 is 10.8 Å². The molecule has 0 bridgehead atoms. The van der Waals surface area contributed by atoms with Crippen molar-refractivity contribution in [3.05, 3.63) is 115 Å². The van der Waals surface area contributed by atoms with Crippen LogP contribution in [0.2, 0.25) is 0 Å². The van der Waals surface area contributed by atoms with Crippen LogP contribution >= 0.6 is 0 Å². The summed E-state index contributed by atoms with van der Waals surface area (Å²) in [5.41, 5.74) is 0. The first-order valence-corrected chi connectivity index (χ1v) is 7.54. The zero-order valence-corrected chi connectivity index (χ0v) is 12.9. The fourth-order valence-electron chi connectivity index (χ4n) is 1.95. The van der Waals surface area contributed by atoms with Gasteiger partial charge in [-0.2, -0.15) is 0 Å². The predicted octanol–water partition coefficient (Wildman–Crippen LogP) is 5.92. The first-order chi connectivity index (χ1) is 11.4. The fraction of sp³-hybridized carbons (Fsp3) is 0. The molecule has 0 spiro atoms. The Balaban J connectivity index is 0.000000131. The van der Waals surface area contributed by atoms with Crippen LogP contribution < -0.4 is 0 Å². The maximum absolute atomic E-state index is 8.63. The molecule has 0 aliphatic rings. The minimum Gasteiger partial charge on any atom is -0.508 e. The van der Waals surface area contributed by atoms with Crippen LogP contribution in [0.4, 0.5) is 0 Å². The van der Waals surface area contributed by atoms with E-state index in [0.29, 0.717) is 5.75 Å². The highest BCUT2D eigenvalue weighted by Crippen LogP contribution is 2.11. The second-order valence-corrected chi connectivity index (χ2v) is 4.84. The molecule has 0 aliphatic heterocycles. The highest BCUT2D eigenvalue weighted by Gasteiger charge is 1.85. The summed E-state index contributed by atoms with van der Waals surface area (Å²) in [6, 6.07) is 37.4. The van der Waals surface area contributed by atoms with E-state index in [1.807, 2.05) is 42.5 Å². The zero-order valence-electron chi connectivity index (χ0n) is 12.9. The smallest absolute Gasteiger partial charge is 0.115 e. The summed E-state index contributed by atoms with van der Waals surface area (Å²) in [5.74, 6) is 0.322. The number of benzene rings is 4. The molecule has 0 atom stereocenters. The average Bonchev–Trinajstić information content (AvgIpc) is 2.65. The lowest BCUT2D eigenvalue weighted by Gasteiger charge is -1.92. The molecule has 0 radical (unpaired) electrons. The molecule has 4 rings (SSSR count). The van der Waals surface area contributed by atoms with Crippen molar-refractivity contribution in [1.29, 1.82) is 0 Å². The molecule has 1 heteroatoms. The summed E-state index contributed by atoms with van der Waals surface area (Å²) >= 11 is 0. The summed E-state index contributed by atoms with van der Waals surface area (Å²) in [7, 11) is 0. The van der Waals surface area contributed by atoms with E-state index in [9.17, 15) is 0 Å². The molecule has 1 N–H and O–H groups in total. The summed E-state index contributed by atoms with van der Waals surface area (Å²) < 4.78 is 0. The number of rotatable bonds is 0. The van der Waals surface area contributed by atoms with Crippen molar-refractivity contribution in [3.63, 3.8) is 0 Å². The van der Waals surface area contributed by atoms with Crippen molar-refractivity contribution in [2.45, 2.75) is 0 Å². The fourth-order valence-corrected chi connectivity index (χ4v) is 1.95. The van der Waals surface area contributed by atoms with Gasteiger partial charge in [-0.25, -0.2) is 0 Å². The summed E-state index contributed by atoms with van der Waals surface area (Å²) in [6.45, 7) is 0. The van der Waals surface area contributed by atoms with Crippen LogP contribution in [0.1, 0.15) is 0 Å². The second kappa shape index (κ2) is 9.80. The summed E-state index contributed by atoms with van der Waals surface area (Å²) in [6.07, 6.45) is 0. The third kappa shape index (κ3) is 6.49. The number of hydrogen-bond acceptors (Lipinski definition) is 1. The summed E-state index contributed by atoms with van der Waals surface area (Å²) in [4.78, 5) is 0. The molecule has 0 aromatic heterocycles. The van der Waals surface area contributed by atoms with E-state index in [1.165, 1.54) is 10.8 Å². The number of phenols is 1. The SMILES string of the molecule is Oc1ccccc1.c1ccc2ccccc2c1.c1ccccc1. The van der Waals surface area contributed by atoms with Gasteiger partial charge in [0.2, 0.25) is 0 Å². The van der Waals surface area contributed by atoms with Crippen LogP contribution in [-0.2, 0) is 0 Å². The maximum Gasteiger partial charge on any atom is 0.115 e. The van der Waals surface area contributed by atoms with Gasteiger partial charge in [0, 0.05) is 0 Å². The van der Waals surface area contributed by atoms with Crippen LogP contribution in [0, 0.1) is 0 Å². The van der Waals surface area contributed by atoms with Crippen molar-refractivity contribution in [1.82, 2.24) is 0 Å². The second-order valence-electron chi connectivity index (χ2n) is 4.84. The van der Waals surface area contributed by atoms with Gasteiger partial charge < -0.3 is 5.11 Å². The van der Waals surface area contributed by atoms with E-state index < -0.39 is 0 Å². The van der Waals surface area contributed by atoms with E-state index in [0.717, 1.165) is 0 Å². The Morgan fingerprint density at radius 2 is 0.609 bits per heavy atom. The van der Waals surface area contributed by atoms with Gasteiger partial charge in [0.15, 0.2) is 0 Å². The monoisotopic (exact) mass is 300 g/mol. The minimum atomic E-state index is 0.322. The molecule has 1 nitrogen and oxygen atoms in total. The molecule has 4 aromatic carbocycles. The lowest BCUT2D eigenvalue weighted by atomic mass is 10.1. The molecule has 0 heterocycles. The lowest BCUT2D eigenvalue weighted by molar-refractivity contribution is 0.475. The number of aromatic hydroxyl groups is 1. The van der Waals surface area contributed by atoms with E-state index in [4.69, 9.17) is 5.11 Å². The first kappa shape index (κ1) is 16.3. The van der Waals surface area contributed by atoms with E-state index >= 15 is 0 Å². The molecule has 0 amide bonds. The molecule has 4 aromatic rings. The van der Waals surface area contributed by atoms with Crippen LogP contribution in [-0.4, -0.2) is 5.11 Å². The quantitative estimate of drug-likeness (QED) is 0.427. The highest BCUT2D eigenvalue weighted by molar-refractivity contribution is 5.81. The van der Waals surface area contributed by atoms with Crippen LogP contribution in [0.15, 0.2) is 115 Å². The Hall–Kier alpha value is -3.06. The van der Waals surface area contributed by atoms with Crippen molar-refractivity contribution in [3.8, 4) is 5.75 Å². The Labute approximate surface area is 137 Å². The third-order valence-corrected chi connectivity index (χ3v) is 3.08. The number of fused-ring (bicyclic) bond motifs is 1. The van der Waals surface area contributed by atoms with Gasteiger partial charge in [0.05, 0.1) is 0 Å². The van der Waals surface area contributed by atoms with Crippen molar-refractivity contribution in [2.24, 2.45) is 0 Å². The molecule has 0 fully saturated rings. The van der Waals surface area contributed by atoms with Gasteiger partial charge in [-0.1, -0.05) is 103 Å². The Morgan fingerprint density at radius 3 is 0.870 bits per heavy atom. The standard InChI is InChI=1S/C10H8.C6H6O.C6H6/c1-2-6-10-8-4-3-7-9(10)5-1;7-6-4-2-1-3-5-6;1-2-4-6-5-3-1/h1-8H;1-5,7H;1-6H. The van der Waals surface area contributed by atoms with E-state index in [-0.39, 0.29) is 0 Å². The molecule has 0 saturated carbocycles. The van der Waals surface area contributed by atoms with Gasteiger partial charge in [-0.15, -0.1) is 0 Å². The number of hydrogen-bond donors (Lipinski definition) is 1. The van der Waals surface area contributed by atoms with Crippen molar-refractivity contribution in [2.75, 3.05) is 0 Å². The Bertz CT molecular complexity index is 688. The van der Waals surface area contributed by atoms with Crippen LogP contribution in [0.25, 0.3) is 10.8 Å². The third-order valence-electron chi connectivity index (χ3n) is 3.08. The molecular formula is C22H20O. The van der Waals surface area contributed by atoms with Gasteiger partial charge >= 0.3 is 0 Å². The Kier molecular flexibility index (Phi) is 6.95. The van der Waals surface area contributed by atoms with E-state index in [2.05, 4.69) is 48.5 Å². The van der Waals surface area contributed by atoms with Gasteiger partial charge in [-0.3, -0.25) is 0 Å². The predicted molar refractivity (Wildman–Crippen MR) is 98.5 cm³/mol. The zero-order chi connectivity index (χ0) is 16.2. The molecule has 0 saturated heterocycles. The molecule has 0 unspecified atom stereocenters. The number of phenolic OH excluding ortho intramolecular Hbond substituents is 1. The molecule has 23 heavy (non-hydrogen) atoms. The van der Waals surface area contributed by atoms with Crippen LogP contribution in [0.5, 0.6) is 5.75 Å².